The number of nitrogens with one attached hydrogen (secondary N) is 2. The monoisotopic (exact) mass is 423 g/mol. The number of urea groups is 1. The van der Waals surface area contributed by atoms with Gasteiger partial charge in [-0.3, -0.25) is 4.79 Å². The van der Waals surface area contributed by atoms with Gasteiger partial charge >= 0.3 is 6.03 Å². The first-order valence-corrected chi connectivity index (χ1v) is 10.5. The molecule has 7 nitrogen and oxygen atoms in total. The van der Waals surface area contributed by atoms with E-state index in [1.807, 2.05) is 54.3 Å². The van der Waals surface area contributed by atoms with Crippen molar-refractivity contribution in [2.45, 2.75) is 26.3 Å². The van der Waals surface area contributed by atoms with Crippen molar-refractivity contribution in [3.05, 3.63) is 59.7 Å². The predicted octanol–water partition coefficient (Wildman–Crippen LogP) is 4.05. The first kappa shape index (κ1) is 22.2. The third kappa shape index (κ3) is 6.50. The molecule has 3 rings (SSSR count). The number of hydrogen-bond acceptors (Lipinski definition) is 4. The second-order valence-corrected chi connectivity index (χ2v) is 7.22. The minimum atomic E-state index is -0.208. The highest BCUT2D eigenvalue weighted by Crippen LogP contribution is 2.28. The highest BCUT2D eigenvalue weighted by molar-refractivity contribution is 5.92. The van der Waals surface area contributed by atoms with Crippen LogP contribution in [0.1, 0.15) is 30.9 Å². The van der Waals surface area contributed by atoms with E-state index in [2.05, 4.69) is 10.6 Å². The Balaban J connectivity index is 1.53. The Hall–Kier alpha value is -3.48. The van der Waals surface area contributed by atoms with E-state index in [9.17, 15) is 9.59 Å². The summed E-state index contributed by atoms with van der Waals surface area (Å²) in [6.45, 7) is 4.40. The van der Waals surface area contributed by atoms with E-state index < -0.39 is 0 Å². The van der Waals surface area contributed by atoms with Crippen LogP contribution in [0.3, 0.4) is 0 Å². The van der Waals surface area contributed by atoms with Crippen molar-refractivity contribution in [3.8, 4) is 11.5 Å². The molecule has 0 aromatic heterocycles. The van der Waals surface area contributed by atoms with Crippen LogP contribution in [0.25, 0.3) is 6.08 Å². The molecule has 0 atom stereocenters. The molecule has 1 aliphatic heterocycles. The fourth-order valence-corrected chi connectivity index (χ4v) is 3.37. The van der Waals surface area contributed by atoms with Crippen LogP contribution in [0.15, 0.2) is 48.5 Å². The standard InChI is InChI=1S/C24H29N3O4/c1-3-31-22-16-18(9-11-21(22)30-2)10-12-23(28)25-17-19-7-6-8-20(15-19)26-24(29)27-13-4-5-14-27/h6-12,15-16H,3-5,13-14,17H2,1-2H3,(H,25,28)(H,26,29). The third-order valence-corrected chi connectivity index (χ3v) is 4.95. The number of hydrogen-bond donors (Lipinski definition) is 2. The molecule has 1 fully saturated rings. The molecule has 0 saturated carbocycles. The second kappa shape index (κ2) is 11.1. The predicted molar refractivity (Wildman–Crippen MR) is 121 cm³/mol. The number of amides is 3. The van der Waals surface area contributed by atoms with Crippen LogP contribution in [0.2, 0.25) is 0 Å². The number of likely N-dealkylation sites (tertiary alicyclic amines) is 1. The van der Waals surface area contributed by atoms with Crippen LogP contribution >= 0.6 is 0 Å². The highest BCUT2D eigenvalue weighted by Gasteiger charge is 2.17. The van der Waals surface area contributed by atoms with Crippen molar-refractivity contribution in [3.63, 3.8) is 0 Å². The largest absolute Gasteiger partial charge is 0.493 e. The van der Waals surface area contributed by atoms with E-state index in [1.165, 1.54) is 6.08 Å². The molecule has 0 spiro atoms. The van der Waals surface area contributed by atoms with Crippen LogP contribution < -0.4 is 20.1 Å². The molecule has 0 aliphatic carbocycles. The van der Waals surface area contributed by atoms with Gasteiger partial charge in [0.15, 0.2) is 11.5 Å². The molecule has 0 bridgehead atoms. The van der Waals surface area contributed by atoms with Crippen molar-refractivity contribution in [2.24, 2.45) is 0 Å². The molecular formula is C24H29N3O4. The number of carbonyl (C=O) groups is 2. The molecule has 0 unspecified atom stereocenters. The Bertz CT molecular complexity index is 936. The number of methoxy groups -OCH3 is 1. The lowest BCUT2D eigenvalue weighted by molar-refractivity contribution is -0.116. The lowest BCUT2D eigenvalue weighted by atomic mass is 10.1. The van der Waals surface area contributed by atoms with Crippen LogP contribution in [0, 0.1) is 0 Å². The van der Waals surface area contributed by atoms with Gasteiger partial charge in [-0.1, -0.05) is 18.2 Å². The Labute approximate surface area is 183 Å². The molecule has 0 radical (unpaired) electrons. The topological polar surface area (TPSA) is 79.9 Å². The molecule has 2 aromatic carbocycles. The summed E-state index contributed by atoms with van der Waals surface area (Å²) >= 11 is 0. The molecule has 2 aromatic rings. The van der Waals surface area contributed by atoms with Gasteiger partial charge in [0.2, 0.25) is 5.91 Å². The number of nitrogens with zero attached hydrogens (tertiary/aromatic N) is 1. The first-order valence-electron chi connectivity index (χ1n) is 10.5. The number of ether oxygens (including phenoxy) is 2. The summed E-state index contributed by atoms with van der Waals surface area (Å²) in [7, 11) is 1.59. The normalized spacial score (nSPS) is 13.3. The molecule has 1 heterocycles. The van der Waals surface area contributed by atoms with Gasteiger partial charge in [0.1, 0.15) is 0 Å². The highest BCUT2D eigenvalue weighted by atomic mass is 16.5. The second-order valence-electron chi connectivity index (χ2n) is 7.22. The third-order valence-electron chi connectivity index (χ3n) is 4.95. The molecular weight excluding hydrogens is 394 g/mol. The minimum absolute atomic E-state index is 0.0764. The van der Waals surface area contributed by atoms with Gasteiger partial charge in [0, 0.05) is 31.4 Å². The lowest BCUT2D eigenvalue weighted by Crippen LogP contribution is -2.32. The fourth-order valence-electron chi connectivity index (χ4n) is 3.37. The van der Waals surface area contributed by atoms with E-state index in [1.54, 1.807) is 13.2 Å². The number of rotatable bonds is 8. The Morgan fingerprint density at radius 3 is 2.65 bits per heavy atom. The first-order chi connectivity index (χ1) is 15.1. The summed E-state index contributed by atoms with van der Waals surface area (Å²) < 4.78 is 10.8. The quantitative estimate of drug-likeness (QED) is 0.628. The zero-order chi connectivity index (χ0) is 22.1. The van der Waals surface area contributed by atoms with Crippen LogP contribution in [-0.2, 0) is 11.3 Å². The summed E-state index contributed by atoms with van der Waals surface area (Å²) in [5.74, 6) is 1.08. The van der Waals surface area contributed by atoms with Crippen LogP contribution in [-0.4, -0.2) is 43.6 Å². The Morgan fingerprint density at radius 2 is 1.90 bits per heavy atom. The summed E-state index contributed by atoms with van der Waals surface area (Å²) in [6.07, 6.45) is 5.31. The molecule has 1 saturated heterocycles. The average Bonchev–Trinajstić information content (AvgIpc) is 3.32. The summed E-state index contributed by atoms with van der Waals surface area (Å²) in [4.78, 5) is 26.3. The van der Waals surface area contributed by atoms with E-state index in [4.69, 9.17) is 9.47 Å². The van der Waals surface area contributed by atoms with Crippen molar-refractivity contribution < 1.29 is 19.1 Å². The number of benzene rings is 2. The zero-order valence-corrected chi connectivity index (χ0v) is 18.0. The molecule has 7 heteroatoms. The SMILES string of the molecule is CCOc1cc(C=CC(=O)NCc2cccc(NC(=O)N3CCCC3)c2)ccc1OC. The molecule has 2 N–H and O–H groups in total. The van der Waals surface area contributed by atoms with Crippen LogP contribution in [0.5, 0.6) is 11.5 Å². The maximum atomic E-state index is 12.2. The van der Waals surface area contributed by atoms with E-state index in [-0.39, 0.29) is 11.9 Å². The molecule has 31 heavy (non-hydrogen) atoms. The van der Waals surface area contributed by atoms with Gasteiger partial charge in [-0.2, -0.15) is 0 Å². The lowest BCUT2D eigenvalue weighted by Gasteiger charge is -2.16. The van der Waals surface area contributed by atoms with Gasteiger partial charge in [-0.05, 0) is 61.2 Å². The van der Waals surface area contributed by atoms with Crippen LogP contribution in [0.4, 0.5) is 10.5 Å². The van der Waals surface area contributed by atoms with Crippen molar-refractivity contribution in [1.29, 1.82) is 0 Å². The van der Waals surface area contributed by atoms with Gasteiger partial charge in [-0.25, -0.2) is 4.79 Å². The average molecular weight is 424 g/mol. The molecule has 1 aliphatic rings. The zero-order valence-electron chi connectivity index (χ0n) is 18.0. The molecule has 3 amide bonds. The smallest absolute Gasteiger partial charge is 0.321 e. The van der Waals surface area contributed by atoms with Crippen molar-refractivity contribution >= 4 is 23.7 Å². The number of carbonyl (C=O) groups excluding carboxylic acids is 2. The molecule has 164 valence electrons. The maximum absolute atomic E-state index is 12.2. The van der Waals surface area contributed by atoms with E-state index in [0.717, 1.165) is 42.7 Å². The summed E-state index contributed by atoms with van der Waals surface area (Å²) in [6, 6.07) is 12.9. The van der Waals surface area contributed by atoms with Crippen molar-refractivity contribution in [2.75, 3.05) is 32.1 Å². The minimum Gasteiger partial charge on any atom is -0.493 e. The van der Waals surface area contributed by atoms with Crippen molar-refractivity contribution in [1.82, 2.24) is 10.2 Å². The van der Waals surface area contributed by atoms with Gasteiger partial charge in [0.05, 0.1) is 13.7 Å². The number of anilines is 1. The summed E-state index contributed by atoms with van der Waals surface area (Å²) in [5, 5.41) is 5.78. The maximum Gasteiger partial charge on any atom is 0.321 e. The summed E-state index contributed by atoms with van der Waals surface area (Å²) in [5.41, 5.74) is 2.47. The fraction of sp³-hybridized carbons (Fsp3) is 0.333. The van der Waals surface area contributed by atoms with Gasteiger partial charge in [0.25, 0.3) is 0 Å². The van der Waals surface area contributed by atoms with E-state index >= 15 is 0 Å². The Kier molecular flexibility index (Phi) is 7.92. The Morgan fingerprint density at radius 1 is 1.10 bits per heavy atom. The van der Waals surface area contributed by atoms with E-state index in [0.29, 0.717) is 24.7 Å². The van der Waals surface area contributed by atoms with Gasteiger partial charge < -0.3 is 25.0 Å². The van der Waals surface area contributed by atoms with Gasteiger partial charge in [-0.15, -0.1) is 0 Å².